The van der Waals surface area contributed by atoms with Crippen LogP contribution in [-0.2, 0) is 9.53 Å². The number of hydrogen-bond donors (Lipinski definition) is 0. The number of pyridine rings is 1. The van der Waals surface area contributed by atoms with Crippen LogP contribution in [0.5, 0.6) is 0 Å². The molecule has 25 heavy (non-hydrogen) atoms. The smallest absolute Gasteiger partial charge is 0.305 e. The fourth-order valence-electron chi connectivity index (χ4n) is 2.83. The van der Waals surface area contributed by atoms with Crippen molar-refractivity contribution in [3.8, 4) is 0 Å². The summed E-state index contributed by atoms with van der Waals surface area (Å²) < 4.78 is 4.65. The van der Waals surface area contributed by atoms with Gasteiger partial charge in [0.25, 0.3) is 0 Å². The molecule has 2 rings (SSSR count). The minimum atomic E-state index is -0.105. The fourth-order valence-corrected chi connectivity index (χ4v) is 2.83. The lowest BCUT2D eigenvalue weighted by Crippen LogP contribution is -1.99. The average molecular weight is 337 g/mol. The van der Waals surface area contributed by atoms with E-state index in [1.165, 1.54) is 31.1 Å². The van der Waals surface area contributed by atoms with Gasteiger partial charge in [0.15, 0.2) is 0 Å². The minimum Gasteiger partial charge on any atom is -0.469 e. The number of nitrogens with zero attached hydrogens (tertiary/aromatic N) is 1. The molecule has 2 aromatic rings. The van der Waals surface area contributed by atoms with Crippen LogP contribution in [0.1, 0.15) is 56.1 Å². The first kappa shape index (κ1) is 18.9. The second-order valence-electron chi connectivity index (χ2n) is 6.11. The number of rotatable bonds is 10. The molecule has 1 heterocycles. The Morgan fingerprint density at radius 1 is 0.960 bits per heavy atom. The van der Waals surface area contributed by atoms with E-state index in [9.17, 15) is 4.79 Å². The topological polar surface area (TPSA) is 39.2 Å². The third-order valence-corrected chi connectivity index (χ3v) is 4.22. The van der Waals surface area contributed by atoms with E-state index in [2.05, 4.69) is 46.1 Å². The highest BCUT2D eigenvalue weighted by atomic mass is 16.5. The number of carbonyl (C=O) groups excluding carboxylic acids is 1. The van der Waals surface area contributed by atoms with Crippen LogP contribution in [0, 0.1) is 0 Å². The van der Waals surface area contributed by atoms with Crippen LogP contribution >= 0.6 is 0 Å². The molecule has 0 radical (unpaired) electrons. The zero-order valence-electron chi connectivity index (χ0n) is 15.0. The van der Waals surface area contributed by atoms with Gasteiger partial charge in [0.05, 0.1) is 7.11 Å². The van der Waals surface area contributed by atoms with E-state index in [1.807, 2.05) is 18.3 Å². The lowest BCUT2D eigenvalue weighted by atomic mass is 9.97. The normalized spacial score (nSPS) is 11.3. The SMILES string of the molecule is COC(=O)CCCCCCC/C=C(/c1ccccc1)c1cccnc1. The molecule has 0 fully saturated rings. The number of allylic oxidation sites excluding steroid dienone is 1. The summed E-state index contributed by atoms with van der Waals surface area (Å²) in [6, 6.07) is 14.6. The van der Waals surface area contributed by atoms with Crippen LogP contribution in [0.2, 0.25) is 0 Å². The molecule has 0 aliphatic carbocycles. The Hall–Kier alpha value is -2.42. The zero-order chi connectivity index (χ0) is 17.7. The van der Waals surface area contributed by atoms with E-state index >= 15 is 0 Å². The van der Waals surface area contributed by atoms with Crippen molar-refractivity contribution >= 4 is 11.5 Å². The lowest BCUT2D eigenvalue weighted by molar-refractivity contribution is -0.140. The maximum absolute atomic E-state index is 11.1. The molecular formula is C22H27NO2. The first-order chi connectivity index (χ1) is 12.3. The second kappa shape index (κ2) is 11.2. The molecular weight excluding hydrogens is 310 g/mol. The summed E-state index contributed by atoms with van der Waals surface area (Å²) in [4.78, 5) is 15.3. The van der Waals surface area contributed by atoms with Crippen LogP contribution in [0.4, 0.5) is 0 Å². The van der Waals surface area contributed by atoms with Gasteiger partial charge in [-0.1, -0.05) is 61.7 Å². The van der Waals surface area contributed by atoms with Gasteiger partial charge >= 0.3 is 5.97 Å². The standard InChI is InChI=1S/C22H27NO2/c1-25-22(24)16-10-5-3-2-4-9-15-21(19-12-7-6-8-13-19)20-14-11-17-23-18-20/h6-8,11-15,17-18H,2-5,9-10,16H2,1H3/b21-15-. The maximum atomic E-state index is 11.1. The molecule has 0 saturated carbocycles. The van der Waals surface area contributed by atoms with Gasteiger partial charge in [-0.25, -0.2) is 0 Å². The molecule has 0 bridgehead atoms. The number of methoxy groups -OCH3 is 1. The molecule has 0 aliphatic rings. The molecule has 132 valence electrons. The molecule has 1 aromatic carbocycles. The van der Waals surface area contributed by atoms with Crippen molar-refractivity contribution in [3.63, 3.8) is 0 Å². The van der Waals surface area contributed by atoms with Crippen molar-refractivity contribution in [2.75, 3.05) is 7.11 Å². The fraction of sp³-hybridized carbons (Fsp3) is 0.364. The zero-order valence-corrected chi connectivity index (χ0v) is 15.0. The van der Waals surface area contributed by atoms with E-state index in [4.69, 9.17) is 0 Å². The van der Waals surface area contributed by atoms with Gasteiger partial charge in [-0.05, 0) is 36.5 Å². The van der Waals surface area contributed by atoms with Gasteiger partial charge in [0, 0.05) is 24.4 Å². The van der Waals surface area contributed by atoms with Crippen LogP contribution in [-0.4, -0.2) is 18.1 Å². The van der Waals surface area contributed by atoms with Crippen molar-refractivity contribution in [3.05, 3.63) is 72.1 Å². The number of esters is 1. The quantitative estimate of drug-likeness (QED) is 0.429. The molecule has 0 spiro atoms. The Morgan fingerprint density at radius 3 is 2.40 bits per heavy atom. The van der Waals surface area contributed by atoms with Gasteiger partial charge in [0.2, 0.25) is 0 Å². The third-order valence-electron chi connectivity index (χ3n) is 4.22. The molecule has 3 nitrogen and oxygen atoms in total. The largest absolute Gasteiger partial charge is 0.469 e. The van der Waals surface area contributed by atoms with Crippen molar-refractivity contribution in [2.45, 2.75) is 44.9 Å². The highest BCUT2D eigenvalue weighted by Gasteiger charge is 2.04. The molecule has 3 heteroatoms. The Balaban J connectivity index is 1.82. The van der Waals surface area contributed by atoms with E-state index in [0.717, 1.165) is 31.2 Å². The number of unbranched alkanes of at least 4 members (excludes halogenated alkanes) is 5. The molecule has 1 aromatic heterocycles. The molecule has 0 atom stereocenters. The van der Waals surface area contributed by atoms with Crippen LogP contribution in [0.25, 0.3) is 5.57 Å². The Kier molecular flexibility index (Phi) is 8.46. The molecule has 0 amide bonds. The van der Waals surface area contributed by atoms with E-state index in [-0.39, 0.29) is 5.97 Å². The van der Waals surface area contributed by atoms with Crippen molar-refractivity contribution < 1.29 is 9.53 Å². The summed E-state index contributed by atoms with van der Waals surface area (Å²) in [7, 11) is 1.45. The molecule has 0 aliphatic heterocycles. The second-order valence-corrected chi connectivity index (χ2v) is 6.11. The summed E-state index contributed by atoms with van der Waals surface area (Å²) in [6.45, 7) is 0. The first-order valence-electron chi connectivity index (χ1n) is 9.04. The third kappa shape index (κ3) is 6.92. The maximum Gasteiger partial charge on any atom is 0.305 e. The summed E-state index contributed by atoms with van der Waals surface area (Å²) >= 11 is 0. The van der Waals surface area contributed by atoms with Crippen molar-refractivity contribution in [2.24, 2.45) is 0 Å². The predicted molar refractivity (Wildman–Crippen MR) is 102 cm³/mol. The Bertz CT molecular complexity index is 609. The lowest BCUT2D eigenvalue weighted by Gasteiger charge is -2.08. The summed E-state index contributed by atoms with van der Waals surface area (Å²) in [5.74, 6) is -0.105. The van der Waals surface area contributed by atoms with Gasteiger partial charge in [-0.15, -0.1) is 0 Å². The monoisotopic (exact) mass is 337 g/mol. The van der Waals surface area contributed by atoms with Gasteiger partial charge in [-0.2, -0.15) is 0 Å². The van der Waals surface area contributed by atoms with Gasteiger partial charge in [0.1, 0.15) is 0 Å². The highest BCUT2D eigenvalue weighted by Crippen LogP contribution is 2.23. The Morgan fingerprint density at radius 2 is 1.68 bits per heavy atom. The van der Waals surface area contributed by atoms with E-state index in [1.54, 1.807) is 6.20 Å². The number of aromatic nitrogens is 1. The molecule has 0 saturated heterocycles. The predicted octanol–water partition coefficient (Wildman–Crippen LogP) is 5.42. The number of carbonyl (C=O) groups is 1. The van der Waals surface area contributed by atoms with Crippen molar-refractivity contribution in [1.82, 2.24) is 4.98 Å². The average Bonchev–Trinajstić information content (AvgIpc) is 2.68. The number of ether oxygens (including phenoxy) is 1. The van der Waals surface area contributed by atoms with Crippen molar-refractivity contribution in [1.29, 1.82) is 0 Å². The number of benzene rings is 1. The highest BCUT2D eigenvalue weighted by molar-refractivity contribution is 5.79. The van der Waals surface area contributed by atoms with Gasteiger partial charge in [-0.3, -0.25) is 9.78 Å². The number of hydrogen-bond acceptors (Lipinski definition) is 3. The van der Waals surface area contributed by atoms with E-state index in [0.29, 0.717) is 6.42 Å². The van der Waals surface area contributed by atoms with E-state index < -0.39 is 0 Å². The van der Waals surface area contributed by atoms with Crippen LogP contribution < -0.4 is 0 Å². The summed E-state index contributed by atoms with van der Waals surface area (Å²) in [6.07, 6.45) is 13.2. The van der Waals surface area contributed by atoms with Gasteiger partial charge < -0.3 is 4.74 Å². The van der Waals surface area contributed by atoms with Crippen LogP contribution in [0.15, 0.2) is 60.9 Å². The Labute approximate surface area is 150 Å². The first-order valence-corrected chi connectivity index (χ1v) is 9.04. The van der Waals surface area contributed by atoms with Crippen LogP contribution in [0.3, 0.4) is 0 Å². The summed E-state index contributed by atoms with van der Waals surface area (Å²) in [5.41, 5.74) is 3.64. The molecule has 0 unspecified atom stereocenters. The summed E-state index contributed by atoms with van der Waals surface area (Å²) in [5, 5.41) is 0. The molecule has 0 N–H and O–H groups in total. The minimum absolute atomic E-state index is 0.105.